The van der Waals surface area contributed by atoms with E-state index in [-0.39, 0.29) is 11.3 Å². The van der Waals surface area contributed by atoms with Gasteiger partial charge in [0, 0.05) is 12.1 Å². The predicted molar refractivity (Wildman–Crippen MR) is 52.3 cm³/mol. The van der Waals surface area contributed by atoms with Crippen LogP contribution in [0.15, 0.2) is 12.1 Å². The molecule has 16 heavy (non-hydrogen) atoms. The zero-order valence-corrected chi connectivity index (χ0v) is 8.61. The maximum Gasteiger partial charge on any atom is 0.278 e. The normalized spacial score (nSPS) is 9.94. The first-order valence-electron chi connectivity index (χ1n) is 4.25. The van der Waals surface area contributed by atoms with Gasteiger partial charge in [0.25, 0.3) is 11.6 Å². The van der Waals surface area contributed by atoms with Crippen molar-refractivity contribution in [2.75, 3.05) is 7.11 Å². The predicted octanol–water partition coefficient (Wildman–Crippen LogP) is 1.33. The van der Waals surface area contributed by atoms with Crippen molar-refractivity contribution < 1.29 is 18.9 Å². The van der Waals surface area contributed by atoms with E-state index in [2.05, 4.69) is 4.84 Å². The standard InChI is InChI=1S/C9H9FN2O4/c1-5-3-6(12(14)15)4-7(8(5)10)9(13)11-16-2/h3-4H,1-2H3,(H,11,13). The lowest BCUT2D eigenvalue weighted by atomic mass is 10.1. The lowest BCUT2D eigenvalue weighted by Crippen LogP contribution is -2.23. The van der Waals surface area contributed by atoms with E-state index in [1.54, 1.807) is 0 Å². The highest BCUT2D eigenvalue weighted by Crippen LogP contribution is 2.20. The maximum absolute atomic E-state index is 13.5. The summed E-state index contributed by atoms with van der Waals surface area (Å²) in [4.78, 5) is 25.4. The fourth-order valence-electron chi connectivity index (χ4n) is 1.17. The summed E-state index contributed by atoms with van der Waals surface area (Å²) < 4.78 is 13.5. The van der Waals surface area contributed by atoms with Gasteiger partial charge in [0.1, 0.15) is 5.82 Å². The second kappa shape index (κ2) is 4.67. The van der Waals surface area contributed by atoms with Crippen LogP contribution in [-0.2, 0) is 4.84 Å². The Balaban J connectivity index is 3.26. The Morgan fingerprint density at radius 1 is 1.56 bits per heavy atom. The van der Waals surface area contributed by atoms with E-state index < -0.39 is 22.2 Å². The number of halogens is 1. The fraction of sp³-hybridized carbons (Fsp3) is 0.222. The highest BCUT2D eigenvalue weighted by molar-refractivity contribution is 5.94. The number of nitrogens with zero attached hydrogens (tertiary/aromatic N) is 1. The van der Waals surface area contributed by atoms with Gasteiger partial charge in [-0.25, -0.2) is 9.87 Å². The van der Waals surface area contributed by atoms with Crippen molar-refractivity contribution in [1.29, 1.82) is 0 Å². The molecule has 0 unspecified atom stereocenters. The second-order valence-corrected chi connectivity index (χ2v) is 3.02. The first kappa shape index (κ1) is 12.1. The number of carbonyl (C=O) groups excluding carboxylic acids is 1. The number of carbonyl (C=O) groups is 1. The second-order valence-electron chi connectivity index (χ2n) is 3.02. The lowest BCUT2D eigenvalue weighted by Gasteiger charge is -2.05. The van der Waals surface area contributed by atoms with E-state index in [0.717, 1.165) is 12.1 Å². The van der Waals surface area contributed by atoms with Crippen LogP contribution in [0.1, 0.15) is 15.9 Å². The largest absolute Gasteiger partial charge is 0.278 e. The van der Waals surface area contributed by atoms with Crippen LogP contribution in [0.4, 0.5) is 10.1 Å². The summed E-state index contributed by atoms with van der Waals surface area (Å²) in [5.41, 5.74) is 1.15. The quantitative estimate of drug-likeness (QED) is 0.625. The number of benzene rings is 1. The van der Waals surface area contributed by atoms with Crippen molar-refractivity contribution in [2.24, 2.45) is 0 Å². The molecule has 7 heteroatoms. The van der Waals surface area contributed by atoms with Crippen LogP contribution in [0.2, 0.25) is 0 Å². The average Bonchev–Trinajstić information content (AvgIpc) is 2.21. The van der Waals surface area contributed by atoms with E-state index in [0.29, 0.717) is 0 Å². The zero-order valence-electron chi connectivity index (χ0n) is 8.61. The van der Waals surface area contributed by atoms with Gasteiger partial charge in [-0.15, -0.1) is 0 Å². The van der Waals surface area contributed by atoms with Gasteiger partial charge < -0.3 is 0 Å². The average molecular weight is 228 g/mol. The number of rotatable bonds is 3. The number of nitro groups is 1. The van der Waals surface area contributed by atoms with Gasteiger partial charge in [0.15, 0.2) is 0 Å². The molecule has 0 aliphatic carbocycles. The molecule has 0 aliphatic rings. The fourth-order valence-corrected chi connectivity index (χ4v) is 1.17. The molecule has 0 fully saturated rings. The number of nitrogens with one attached hydrogen (secondary N) is 1. The van der Waals surface area contributed by atoms with Crippen LogP contribution in [-0.4, -0.2) is 17.9 Å². The van der Waals surface area contributed by atoms with Crippen molar-refractivity contribution in [3.8, 4) is 0 Å². The molecular weight excluding hydrogens is 219 g/mol. The Morgan fingerprint density at radius 3 is 2.69 bits per heavy atom. The number of nitro benzene ring substituents is 1. The SMILES string of the molecule is CONC(=O)c1cc([N+](=O)[O-])cc(C)c1F. The van der Waals surface area contributed by atoms with Gasteiger partial charge in [-0.1, -0.05) is 0 Å². The third-order valence-corrected chi connectivity index (χ3v) is 1.89. The maximum atomic E-state index is 13.5. The van der Waals surface area contributed by atoms with Crippen molar-refractivity contribution in [3.63, 3.8) is 0 Å². The number of aryl methyl sites for hydroxylation is 1. The monoisotopic (exact) mass is 228 g/mol. The van der Waals surface area contributed by atoms with Crippen molar-refractivity contribution in [1.82, 2.24) is 5.48 Å². The number of amides is 1. The van der Waals surface area contributed by atoms with E-state index in [1.807, 2.05) is 5.48 Å². The summed E-state index contributed by atoms with van der Waals surface area (Å²) in [6.07, 6.45) is 0. The number of hydrogen-bond donors (Lipinski definition) is 1. The van der Waals surface area contributed by atoms with E-state index in [1.165, 1.54) is 14.0 Å². The minimum atomic E-state index is -0.869. The number of non-ortho nitro benzene ring substituents is 1. The molecule has 0 saturated heterocycles. The van der Waals surface area contributed by atoms with Crippen LogP contribution in [0, 0.1) is 22.9 Å². The molecule has 0 bridgehead atoms. The highest BCUT2D eigenvalue weighted by atomic mass is 19.1. The third kappa shape index (κ3) is 2.31. The van der Waals surface area contributed by atoms with Crippen molar-refractivity contribution in [3.05, 3.63) is 39.2 Å². The summed E-state index contributed by atoms with van der Waals surface area (Å²) in [5.74, 6) is -1.67. The Kier molecular flexibility index (Phi) is 3.51. The van der Waals surface area contributed by atoms with E-state index in [4.69, 9.17) is 0 Å². The highest BCUT2D eigenvalue weighted by Gasteiger charge is 2.19. The molecular formula is C9H9FN2O4. The molecule has 0 saturated carbocycles. The van der Waals surface area contributed by atoms with Crippen molar-refractivity contribution >= 4 is 11.6 Å². The molecule has 6 nitrogen and oxygen atoms in total. The molecule has 1 aromatic rings. The summed E-state index contributed by atoms with van der Waals surface area (Å²) in [5, 5.41) is 10.5. The molecule has 1 aromatic carbocycles. The minimum absolute atomic E-state index is 0.0236. The van der Waals surface area contributed by atoms with Crippen LogP contribution in [0.3, 0.4) is 0 Å². The van der Waals surface area contributed by atoms with Crippen molar-refractivity contribution in [2.45, 2.75) is 6.92 Å². The van der Waals surface area contributed by atoms with Crippen LogP contribution in [0.25, 0.3) is 0 Å². The summed E-state index contributed by atoms with van der Waals surface area (Å²) in [7, 11) is 1.18. The topological polar surface area (TPSA) is 81.5 Å². The van der Waals surface area contributed by atoms with Crippen LogP contribution < -0.4 is 5.48 Å². The minimum Gasteiger partial charge on any atom is -0.277 e. The number of hydroxylamine groups is 1. The summed E-state index contributed by atoms with van der Waals surface area (Å²) >= 11 is 0. The van der Waals surface area contributed by atoms with Crippen LogP contribution in [0.5, 0.6) is 0 Å². The van der Waals surface area contributed by atoms with E-state index in [9.17, 15) is 19.3 Å². The molecule has 0 aromatic heterocycles. The Labute approximate surface area is 90.1 Å². The first-order chi connectivity index (χ1) is 7.47. The summed E-state index contributed by atoms with van der Waals surface area (Å²) in [6, 6.07) is 1.91. The smallest absolute Gasteiger partial charge is 0.277 e. The Bertz CT molecular complexity index is 447. The summed E-state index contributed by atoms with van der Waals surface area (Å²) in [6.45, 7) is 1.34. The molecule has 86 valence electrons. The molecule has 0 spiro atoms. The molecule has 0 aliphatic heterocycles. The molecule has 0 radical (unpaired) electrons. The molecule has 0 atom stereocenters. The van der Waals surface area contributed by atoms with Gasteiger partial charge in [0.2, 0.25) is 0 Å². The first-order valence-corrected chi connectivity index (χ1v) is 4.25. The molecule has 0 heterocycles. The molecule has 1 N–H and O–H groups in total. The van der Waals surface area contributed by atoms with E-state index >= 15 is 0 Å². The molecule has 1 rings (SSSR count). The van der Waals surface area contributed by atoms with Gasteiger partial charge in [0.05, 0.1) is 17.6 Å². The molecule has 1 amide bonds. The van der Waals surface area contributed by atoms with Gasteiger partial charge in [-0.2, -0.15) is 0 Å². The Morgan fingerprint density at radius 2 is 2.19 bits per heavy atom. The van der Waals surface area contributed by atoms with Gasteiger partial charge >= 0.3 is 0 Å². The third-order valence-electron chi connectivity index (χ3n) is 1.89. The van der Waals surface area contributed by atoms with Gasteiger partial charge in [-0.05, 0) is 12.5 Å². The Hall–Kier alpha value is -2.02. The van der Waals surface area contributed by atoms with Crippen LogP contribution >= 0.6 is 0 Å². The van der Waals surface area contributed by atoms with Gasteiger partial charge in [-0.3, -0.25) is 19.7 Å². The zero-order chi connectivity index (χ0) is 12.3. The lowest BCUT2D eigenvalue weighted by molar-refractivity contribution is -0.385. The number of hydrogen-bond acceptors (Lipinski definition) is 4.